The highest BCUT2D eigenvalue weighted by Gasteiger charge is 2.27. The second-order valence-electron chi connectivity index (χ2n) is 8.63. The number of phosphoric acid groups is 1. The van der Waals surface area contributed by atoms with E-state index in [0.29, 0.717) is 18.0 Å². The zero-order valence-electron chi connectivity index (χ0n) is 20.7. The number of rotatable bonds is 16. The van der Waals surface area contributed by atoms with Gasteiger partial charge in [-0.05, 0) is 42.9 Å². The summed E-state index contributed by atoms with van der Waals surface area (Å²) in [5.74, 6) is -2.40. The minimum atomic E-state index is -4.72. The summed E-state index contributed by atoms with van der Waals surface area (Å²) in [6.45, 7) is 5.93. The highest BCUT2D eigenvalue weighted by Crippen LogP contribution is 2.37. The largest absolute Gasteiger partial charge is 0.524 e. The Morgan fingerprint density at radius 3 is 2.19 bits per heavy atom. The lowest BCUT2D eigenvalue weighted by atomic mass is 10.0. The van der Waals surface area contributed by atoms with E-state index in [9.17, 15) is 28.8 Å². The predicted molar refractivity (Wildman–Crippen MR) is 131 cm³/mol. The molecule has 3 unspecified atom stereocenters. The first-order valence-corrected chi connectivity index (χ1v) is 13.2. The lowest BCUT2D eigenvalue weighted by molar-refractivity contribution is -0.142. The highest BCUT2D eigenvalue weighted by molar-refractivity contribution is 7.46. The summed E-state index contributed by atoms with van der Waals surface area (Å²) in [5.41, 5.74) is 0.519. The molecule has 12 nitrogen and oxygen atoms in total. The zero-order chi connectivity index (χ0) is 27.3. The smallest absolute Gasteiger partial charge is 0.480 e. The molecule has 0 heterocycles. The average molecular weight is 530 g/mol. The van der Waals surface area contributed by atoms with Gasteiger partial charge in [-0.25, -0.2) is 9.36 Å². The maximum atomic E-state index is 12.8. The molecule has 0 saturated carbocycles. The van der Waals surface area contributed by atoms with Gasteiger partial charge in [0.2, 0.25) is 17.7 Å². The van der Waals surface area contributed by atoms with Crippen LogP contribution in [0.5, 0.6) is 5.75 Å². The standard InChI is InChI=1S/C23H36N3O9P/c1-4-15(2)6-5-13-24-21(28)12-11-19(23(30)31)26-22(29)20(25-16(3)27)14-17-7-9-18(10-8-17)35-36(32,33)34/h7-10,15,19-20H,4-6,11-14H2,1-3H3,(H,24,28)(H,25,27)(H,26,29)(H,30,31)(H2,32,33,34). The summed E-state index contributed by atoms with van der Waals surface area (Å²) < 4.78 is 15.4. The molecule has 1 aromatic rings. The minimum absolute atomic E-state index is 0.0232. The number of amides is 3. The number of hydrogen-bond acceptors (Lipinski definition) is 6. The molecule has 36 heavy (non-hydrogen) atoms. The van der Waals surface area contributed by atoms with Crippen molar-refractivity contribution in [1.82, 2.24) is 16.0 Å². The molecule has 0 aliphatic rings. The van der Waals surface area contributed by atoms with Gasteiger partial charge in [-0.15, -0.1) is 0 Å². The van der Waals surface area contributed by atoms with Gasteiger partial charge in [-0.2, -0.15) is 0 Å². The third-order valence-corrected chi connectivity index (χ3v) is 5.90. The fourth-order valence-electron chi connectivity index (χ4n) is 3.29. The first-order valence-electron chi connectivity index (χ1n) is 11.7. The number of aliphatic carboxylic acids is 1. The Balaban J connectivity index is 2.71. The molecule has 0 radical (unpaired) electrons. The summed E-state index contributed by atoms with van der Waals surface area (Å²) in [6, 6.07) is 3.03. The minimum Gasteiger partial charge on any atom is -0.480 e. The van der Waals surface area contributed by atoms with E-state index in [4.69, 9.17) is 9.79 Å². The molecular weight excluding hydrogens is 493 g/mol. The van der Waals surface area contributed by atoms with Gasteiger partial charge < -0.3 is 25.6 Å². The maximum absolute atomic E-state index is 12.8. The summed E-state index contributed by atoms with van der Waals surface area (Å²) in [7, 11) is -4.72. The Hall–Kier alpha value is -2.95. The summed E-state index contributed by atoms with van der Waals surface area (Å²) in [5, 5.41) is 17.1. The third-order valence-electron chi connectivity index (χ3n) is 5.45. The van der Waals surface area contributed by atoms with Gasteiger partial charge in [0.05, 0.1) is 0 Å². The quantitative estimate of drug-likeness (QED) is 0.136. The van der Waals surface area contributed by atoms with E-state index in [-0.39, 0.29) is 30.9 Å². The van der Waals surface area contributed by atoms with Crippen molar-refractivity contribution in [2.75, 3.05) is 6.54 Å². The van der Waals surface area contributed by atoms with E-state index >= 15 is 0 Å². The van der Waals surface area contributed by atoms with Crippen LogP contribution in [0.15, 0.2) is 24.3 Å². The SMILES string of the molecule is CCC(C)CCCNC(=O)CCC(NC(=O)C(Cc1ccc(OP(=O)(O)O)cc1)NC(C)=O)C(=O)O. The first kappa shape index (κ1) is 31.1. The second-order valence-corrected chi connectivity index (χ2v) is 9.79. The Morgan fingerprint density at radius 2 is 1.67 bits per heavy atom. The third kappa shape index (κ3) is 13.2. The highest BCUT2D eigenvalue weighted by atomic mass is 31.2. The molecule has 202 valence electrons. The molecule has 3 amide bonds. The van der Waals surface area contributed by atoms with Crippen LogP contribution in [0.2, 0.25) is 0 Å². The van der Waals surface area contributed by atoms with E-state index in [1.807, 2.05) is 0 Å². The van der Waals surface area contributed by atoms with E-state index in [2.05, 4.69) is 34.3 Å². The van der Waals surface area contributed by atoms with E-state index in [1.165, 1.54) is 31.2 Å². The molecule has 0 aliphatic carbocycles. The van der Waals surface area contributed by atoms with Gasteiger partial charge in [-0.1, -0.05) is 32.4 Å². The van der Waals surface area contributed by atoms with Crippen molar-refractivity contribution in [1.29, 1.82) is 0 Å². The molecule has 0 spiro atoms. The van der Waals surface area contributed by atoms with Crippen molar-refractivity contribution in [3.63, 3.8) is 0 Å². The van der Waals surface area contributed by atoms with Gasteiger partial charge in [0.15, 0.2) is 0 Å². The molecule has 1 rings (SSSR count). The Kier molecular flexibility index (Phi) is 13.1. The normalized spacial score (nSPS) is 13.7. The molecule has 0 bridgehead atoms. The molecule has 0 fully saturated rings. The first-order chi connectivity index (χ1) is 16.8. The molecule has 6 N–H and O–H groups in total. The molecule has 13 heteroatoms. The van der Waals surface area contributed by atoms with Crippen LogP contribution in [0, 0.1) is 5.92 Å². The van der Waals surface area contributed by atoms with Crippen molar-refractivity contribution in [3.8, 4) is 5.75 Å². The molecule has 1 aromatic carbocycles. The summed E-state index contributed by atoms with van der Waals surface area (Å²) in [4.78, 5) is 65.9. The number of benzene rings is 1. The second kappa shape index (κ2) is 15.2. The molecule has 0 aliphatic heterocycles. The van der Waals surface area contributed by atoms with Crippen LogP contribution in [0.25, 0.3) is 0 Å². The van der Waals surface area contributed by atoms with Gasteiger partial charge in [-0.3, -0.25) is 24.2 Å². The molecule has 3 atom stereocenters. The lowest BCUT2D eigenvalue weighted by Gasteiger charge is -2.21. The van der Waals surface area contributed by atoms with E-state index in [1.54, 1.807) is 0 Å². The Bertz CT molecular complexity index is 933. The summed E-state index contributed by atoms with van der Waals surface area (Å²) >= 11 is 0. The van der Waals surface area contributed by atoms with Crippen LogP contribution < -0.4 is 20.5 Å². The zero-order valence-corrected chi connectivity index (χ0v) is 21.6. The predicted octanol–water partition coefficient (Wildman–Crippen LogP) is 1.50. The van der Waals surface area contributed by atoms with Crippen molar-refractivity contribution >= 4 is 31.5 Å². The van der Waals surface area contributed by atoms with Gasteiger partial charge in [0.1, 0.15) is 17.8 Å². The van der Waals surface area contributed by atoms with Crippen molar-refractivity contribution in [2.45, 2.75) is 71.4 Å². The Labute approximate surface area is 210 Å². The number of carboxylic acids is 1. The molecular formula is C23H36N3O9P. The van der Waals surface area contributed by atoms with Crippen LogP contribution in [0.3, 0.4) is 0 Å². The number of phosphoric ester groups is 1. The molecule has 0 aromatic heterocycles. The maximum Gasteiger partial charge on any atom is 0.524 e. The number of nitrogens with one attached hydrogen (secondary N) is 3. The number of hydrogen-bond donors (Lipinski definition) is 6. The van der Waals surface area contributed by atoms with Gasteiger partial charge in [0.25, 0.3) is 0 Å². The van der Waals surface area contributed by atoms with E-state index in [0.717, 1.165) is 19.3 Å². The van der Waals surface area contributed by atoms with Gasteiger partial charge in [0, 0.05) is 26.3 Å². The number of carboxylic acid groups (broad SMARTS) is 1. The monoisotopic (exact) mass is 529 g/mol. The van der Waals surface area contributed by atoms with Crippen molar-refractivity contribution < 1.29 is 43.2 Å². The summed E-state index contributed by atoms with van der Waals surface area (Å²) in [6.07, 6.45) is 2.62. The molecule has 0 saturated heterocycles. The van der Waals surface area contributed by atoms with Gasteiger partial charge >= 0.3 is 13.8 Å². The Morgan fingerprint density at radius 1 is 1.03 bits per heavy atom. The fourth-order valence-corrected chi connectivity index (χ4v) is 3.69. The van der Waals surface area contributed by atoms with Crippen LogP contribution in [-0.2, 0) is 30.2 Å². The number of carbonyl (C=O) groups is 4. The fraction of sp³-hybridized carbons (Fsp3) is 0.565. The van der Waals surface area contributed by atoms with Crippen LogP contribution >= 0.6 is 7.82 Å². The lowest BCUT2D eigenvalue weighted by Crippen LogP contribution is -2.52. The average Bonchev–Trinajstić information content (AvgIpc) is 2.78. The van der Waals surface area contributed by atoms with Crippen LogP contribution in [-0.4, -0.2) is 57.2 Å². The van der Waals surface area contributed by atoms with Crippen molar-refractivity contribution in [3.05, 3.63) is 29.8 Å². The van der Waals surface area contributed by atoms with E-state index < -0.39 is 37.7 Å². The van der Waals surface area contributed by atoms with Crippen LogP contribution in [0.4, 0.5) is 0 Å². The topological polar surface area (TPSA) is 191 Å². The van der Waals surface area contributed by atoms with Crippen molar-refractivity contribution in [2.24, 2.45) is 5.92 Å². The number of carbonyl (C=O) groups excluding carboxylic acids is 3. The van der Waals surface area contributed by atoms with Crippen LogP contribution in [0.1, 0.15) is 58.4 Å².